The maximum atomic E-state index is 9.84. The van der Waals surface area contributed by atoms with Crippen LogP contribution in [0.25, 0.3) is 0 Å². The number of hydrogen-bond donors (Lipinski definition) is 1. The lowest BCUT2D eigenvalue weighted by Gasteiger charge is -2.24. The molecule has 1 atom stereocenters. The largest absolute Gasteiger partial charge is 0.393 e. The predicted octanol–water partition coefficient (Wildman–Crippen LogP) is 3.58. The highest BCUT2D eigenvalue weighted by Crippen LogP contribution is 2.11. The first kappa shape index (κ1) is 16.9. The molecule has 0 aliphatic carbocycles. The van der Waals surface area contributed by atoms with Gasteiger partial charge < -0.3 is 9.59 Å². The lowest BCUT2D eigenvalue weighted by Crippen LogP contribution is -2.35. The molecule has 1 unspecified atom stereocenters. The Hall–Kier alpha value is -0.0800. The van der Waals surface area contributed by atoms with Crippen molar-refractivity contribution in [3.8, 4) is 0 Å². The minimum atomic E-state index is -0.0623. The van der Waals surface area contributed by atoms with Crippen molar-refractivity contribution in [1.82, 2.24) is 0 Å². The summed E-state index contributed by atoms with van der Waals surface area (Å²) in [6.45, 7) is 3.41. The highest BCUT2D eigenvalue weighted by Gasteiger charge is 2.09. The van der Waals surface area contributed by atoms with Crippen LogP contribution in [-0.2, 0) is 0 Å². The van der Waals surface area contributed by atoms with Crippen molar-refractivity contribution < 1.29 is 9.59 Å². The average Bonchev–Trinajstić information content (AvgIpc) is 2.21. The molecular weight excluding hydrogens is 210 g/mol. The molecule has 0 aliphatic rings. The molecule has 0 rings (SSSR count). The van der Waals surface area contributed by atoms with E-state index in [2.05, 4.69) is 28.1 Å². The van der Waals surface area contributed by atoms with Crippen LogP contribution < -0.4 is 0 Å². The quantitative estimate of drug-likeness (QED) is 0.435. The Morgan fingerprint density at radius 2 is 1.35 bits per heavy atom. The molecule has 0 radical (unpaired) electrons. The Kier molecular flexibility index (Phi) is 9.85. The molecule has 2 heteroatoms. The molecule has 0 saturated carbocycles. The standard InChI is InChI=1S/C15H34NO/c1-5-6-7-8-9-10-12-15(17)13-11-14-16(2,3)4/h15,17H,5-14H2,1-4H3/q+1. The molecule has 0 spiro atoms. The fraction of sp³-hybridized carbons (Fsp3) is 1.00. The Morgan fingerprint density at radius 3 is 1.94 bits per heavy atom. The maximum absolute atomic E-state index is 9.84. The SMILES string of the molecule is CCCCCCCCC(O)CCC[N+](C)(C)C. The van der Waals surface area contributed by atoms with Gasteiger partial charge in [-0.3, -0.25) is 0 Å². The fourth-order valence-corrected chi connectivity index (χ4v) is 2.11. The molecule has 0 saturated heterocycles. The first-order chi connectivity index (χ1) is 7.95. The van der Waals surface area contributed by atoms with Crippen molar-refractivity contribution in [3.05, 3.63) is 0 Å². The van der Waals surface area contributed by atoms with E-state index < -0.39 is 0 Å². The van der Waals surface area contributed by atoms with Crippen molar-refractivity contribution in [1.29, 1.82) is 0 Å². The number of nitrogens with zero attached hydrogens (tertiary/aromatic N) is 1. The number of aliphatic hydroxyl groups is 1. The molecular formula is C15H34NO+. The normalized spacial score (nSPS) is 13.9. The van der Waals surface area contributed by atoms with Gasteiger partial charge in [0, 0.05) is 0 Å². The summed E-state index contributed by atoms with van der Waals surface area (Å²) in [5, 5.41) is 9.84. The minimum absolute atomic E-state index is 0.0623. The van der Waals surface area contributed by atoms with Gasteiger partial charge in [0.1, 0.15) is 0 Å². The summed E-state index contributed by atoms with van der Waals surface area (Å²) in [5.41, 5.74) is 0. The van der Waals surface area contributed by atoms with Crippen molar-refractivity contribution in [2.75, 3.05) is 27.7 Å². The van der Waals surface area contributed by atoms with Crippen molar-refractivity contribution in [2.24, 2.45) is 0 Å². The van der Waals surface area contributed by atoms with Crippen LogP contribution in [0.5, 0.6) is 0 Å². The second-order valence-electron chi connectivity index (χ2n) is 6.37. The average molecular weight is 244 g/mol. The first-order valence-corrected chi connectivity index (χ1v) is 7.44. The minimum Gasteiger partial charge on any atom is -0.393 e. The molecule has 0 heterocycles. The molecule has 2 nitrogen and oxygen atoms in total. The van der Waals surface area contributed by atoms with Crippen LogP contribution in [0.3, 0.4) is 0 Å². The number of aliphatic hydroxyl groups excluding tert-OH is 1. The lowest BCUT2D eigenvalue weighted by molar-refractivity contribution is -0.870. The lowest BCUT2D eigenvalue weighted by atomic mass is 10.0. The van der Waals surface area contributed by atoms with Gasteiger partial charge in [0.15, 0.2) is 0 Å². The second-order valence-corrected chi connectivity index (χ2v) is 6.37. The summed E-state index contributed by atoms with van der Waals surface area (Å²) in [7, 11) is 6.63. The van der Waals surface area contributed by atoms with Gasteiger partial charge >= 0.3 is 0 Å². The fourth-order valence-electron chi connectivity index (χ4n) is 2.11. The van der Waals surface area contributed by atoms with E-state index in [9.17, 15) is 5.11 Å². The van der Waals surface area contributed by atoms with Gasteiger partial charge in [-0.2, -0.15) is 0 Å². The van der Waals surface area contributed by atoms with Crippen LogP contribution in [0.2, 0.25) is 0 Å². The Labute approximate surface area is 109 Å². The van der Waals surface area contributed by atoms with E-state index in [-0.39, 0.29) is 6.10 Å². The molecule has 1 N–H and O–H groups in total. The molecule has 0 aromatic carbocycles. The molecule has 0 aromatic heterocycles. The summed E-state index contributed by atoms with van der Waals surface area (Å²) >= 11 is 0. The van der Waals surface area contributed by atoms with Crippen LogP contribution >= 0.6 is 0 Å². The Morgan fingerprint density at radius 1 is 0.824 bits per heavy atom. The highest BCUT2D eigenvalue weighted by atomic mass is 16.3. The zero-order valence-corrected chi connectivity index (χ0v) is 12.5. The summed E-state index contributed by atoms with van der Waals surface area (Å²) < 4.78 is 1.00. The highest BCUT2D eigenvalue weighted by molar-refractivity contribution is 4.56. The van der Waals surface area contributed by atoms with Crippen LogP contribution in [0, 0.1) is 0 Å². The topological polar surface area (TPSA) is 20.2 Å². The van der Waals surface area contributed by atoms with Gasteiger partial charge in [0.05, 0.1) is 33.8 Å². The molecule has 0 fully saturated rings. The van der Waals surface area contributed by atoms with E-state index in [1.54, 1.807) is 0 Å². The molecule has 0 amide bonds. The molecule has 104 valence electrons. The summed E-state index contributed by atoms with van der Waals surface area (Å²) in [6, 6.07) is 0. The number of unbranched alkanes of at least 4 members (excludes halogenated alkanes) is 5. The van der Waals surface area contributed by atoms with Crippen LogP contribution in [0.1, 0.15) is 64.7 Å². The number of rotatable bonds is 11. The third-order valence-corrected chi connectivity index (χ3v) is 3.26. The van der Waals surface area contributed by atoms with Crippen molar-refractivity contribution in [3.63, 3.8) is 0 Å². The van der Waals surface area contributed by atoms with Gasteiger partial charge in [-0.1, -0.05) is 45.4 Å². The van der Waals surface area contributed by atoms with Gasteiger partial charge in [0.25, 0.3) is 0 Å². The Balaban J connectivity index is 3.26. The molecule has 17 heavy (non-hydrogen) atoms. The van der Waals surface area contributed by atoms with Gasteiger partial charge in [-0.25, -0.2) is 0 Å². The number of hydrogen-bond acceptors (Lipinski definition) is 1. The van der Waals surface area contributed by atoms with E-state index in [0.717, 1.165) is 30.3 Å². The molecule has 0 bridgehead atoms. The van der Waals surface area contributed by atoms with Crippen LogP contribution in [0.4, 0.5) is 0 Å². The van der Waals surface area contributed by atoms with Gasteiger partial charge in [0.2, 0.25) is 0 Å². The maximum Gasteiger partial charge on any atom is 0.0781 e. The smallest absolute Gasteiger partial charge is 0.0781 e. The van der Waals surface area contributed by atoms with E-state index in [4.69, 9.17) is 0 Å². The molecule has 0 aliphatic heterocycles. The zero-order chi connectivity index (χ0) is 13.1. The first-order valence-electron chi connectivity index (χ1n) is 7.44. The van der Waals surface area contributed by atoms with Crippen molar-refractivity contribution >= 4 is 0 Å². The van der Waals surface area contributed by atoms with Crippen LogP contribution in [0.15, 0.2) is 0 Å². The number of quaternary nitrogens is 1. The molecule has 0 aromatic rings. The third-order valence-electron chi connectivity index (χ3n) is 3.26. The second kappa shape index (κ2) is 9.90. The summed E-state index contributed by atoms with van der Waals surface area (Å²) in [5.74, 6) is 0. The predicted molar refractivity (Wildman–Crippen MR) is 76.1 cm³/mol. The van der Waals surface area contributed by atoms with Gasteiger partial charge in [-0.05, 0) is 19.3 Å². The summed E-state index contributed by atoms with van der Waals surface area (Å²) in [6.07, 6.45) is 11.0. The van der Waals surface area contributed by atoms with Crippen LogP contribution in [-0.4, -0.2) is 43.4 Å². The van der Waals surface area contributed by atoms with E-state index in [1.165, 1.54) is 38.5 Å². The van der Waals surface area contributed by atoms with Crippen molar-refractivity contribution in [2.45, 2.75) is 70.8 Å². The van der Waals surface area contributed by atoms with Gasteiger partial charge in [-0.15, -0.1) is 0 Å². The van der Waals surface area contributed by atoms with E-state index in [1.807, 2.05) is 0 Å². The zero-order valence-electron chi connectivity index (χ0n) is 12.5. The monoisotopic (exact) mass is 244 g/mol. The van der Waals surface area contributed by atoms with E-state index in [0.29, 0.717) is 0 Å². The van der Waals surface area contributed by atoms with E-state index >= 15 is 0 Å². The Bertz CT molecular complexity index is 163. The summed E-state index contributed by atoms with van der Waals surface area (Å²) in [4.78, 5) is 0. The third kappa shape index (κ3) is 13.9.